The third-order valence-electron chi connectivity index (χ3n) is 2.38. The Kier molecular flexibility index (Phi) is 3.92. The van der Waals surface area contributed by atoms with Crippen LogP contribution < -0.4 is 10.0 Å². The molecule has 0 saturated heterocycles. The fourth-order valence-electron chi connectivity index (χ4n) is 1.45. The van der Waals surface area contributed by atoms with E-state index in [-0.39, 0.29) is 4.90 Å². The van der Waals surface area contributed by atoms with Crippen molar-refractivity contribution < 1.29 is 8.42 Å². The van der Waals surface area contributed by atoms with E-state index in [1.165, 1.54) is 18.3 Å². The highest BCUT2D eigenvalue weighted by Crippen LogP contribution is 2.19. The van der Waals surface area contributed by atoms with Crippen molar-refractivity contribution in [2.24, 2.45) is 0 Å². The van der Waals surface area contributed by atoms with Crippen molar-refractivity contribution in [3.8, 4) is 0 Å². The Morgan fingerprint density at radius 3 is 2.58 bits per heavy atom. The number of rotatable bonds is 4. The molecule has 1 aromatic carbocycles. The number of hydrogen-bond acceptors (Lipinski definition) is 4. The molecular formula is C12H12ClN3O2S. The fourth-order valence-corrected chi connectivity index (χ4v) is 2.64. The summed E-state index contributed by atoms with van der Waals surface area (Å²) in [4.78, 5) is 4.06. The SMILES string of the molecule is CNc1ccc(S(=O)(=O)Nc2cccc(Cl)c2)cn1. The van der Waals surface area contributed by atoms with Crippen LogP contribution >= 0.6 is 11.6 Å². The minimum Gasteiger partial charge on any atom is -0.373 e. The molecule has 0 spiro atoms. The van der Waals surface area contributed by atoms with Crippen molar-refractivity contribution in [3.05, 3.63) is 47.6 Å². The van der Waals surface area contributed by atoms with E-state index in [1.807, 2.05) is 0 Å². The van der Waals surface area contributed by atoms with Gasteiger partial charge in [0.1, 0.15) is 10.7 Å². The summed E-state index contributed by atoms with van der Waals surface area (Å²) in [5.41, 5.74) is 0.408. The third kappa shape index (κ3) is 3.36. The molecule has 0 aliphatic carbocycles. The van der Waals surface area contributed by atoms with E-state index in [0.717, 1.165) is 0 Å². The van der Waals surface area contributed by atoms with E-state index >= 15 is 0 Å². The average Bonchev–Trinajstić information content (AvgIpc) is 2.38. The van der Waals surface area contributed by atoms with Gasteiger partial charge in [0.05, 0.1) is 5.69 Å². The van der Waals surface area contributed by atoms with Crippen LogP contribution in [0.3, 0.4) is 0 Å². The predicted molar refractivity (Wildman–Crippen MR) is 76.0 cm³/mol. The lowest BCUT2D eigenvalue weighted by molar-refractivity contribution is 0.601. The molecule has 0 aliphatic rings. The number of nitrogens with one attached hydrogen (secondary N) is 2. The van der Waals surface area contributed by atoms with Crippen molar-refractivity contribution in [1.29, 1.82) is 0 Å². The number of halogens is 1. The fraction of sp³-hybridized carbons (Fsp3) is 0.0833. The summed E-state index contributed by atoms with van der Waals surface area (Å²) in [5, 5.41) is 3.28. The first kappa shape index (κ1) is 13.6. The molecule has 0 unspecified atom stereocenters. The van der Waals surface area contributed by atoms with E-state index in [0.29, 0.717) is 16.5 Å². The Bertz CT molecular complexity index is 672. The Morgan fingerprint density at radius 2 is 2.00 bits per heavy atom. The summed E-state index contributed by atoms with van der Waals surface area (Å²) >= 11 is 5.80. The van der Waals surface area contributed by atoms with Crippen LogP contribution in [0.1, 0.15) is 0 Å². The zero-order chi connectivity index (χ0) is 13.9. The van der Waals surface area contributed by atoms with Gasteiger partial charge in [0.2, 0.25) is 0 Å². The van der Waals surface area contributed by atoms with E-state index in [1.54, 1.807) is 31.3 Å². The summed E-state index contributed by atoms with van der Waals surface area (Å²) in [6.07, 6.45) is 1.29. The smallest absolute Gasteiger partial charge is 0.263 e. The topological polar surface area (TPSA) is 71.1 Å². The Hall–Kier alpha value is -1.79. The van der Waals surface area contributed by atoms with Crippen LogP contribution in [-0.2, 0) is 10.0 Å². The number of nitrogens with zero attached hydrogens (tertiary/aromatic N) is 1. The molecule has 2 rings (SSSR count). The lowest BCUT2D eigenvalue weighted by Crippen LogP contribution is -2.13. The van der Waals surface area contributed by atoms with Crippen LogP contribution in [-0.4, -0.2) is 20.4 Å². The Labute approximate surface area is 116 Å². The minimum absolute atomic E-state index is 0.0893. The normalized spacial score (nSPS) is 11.1. The van der Waals surface area contributed by atoms with Crippen LogP contribution in [0.4, 0.5) is 11.5 Å². The monoisotopic (exact) mass is 297 g/mol. The molecule has 0 aliphatic heterocycles. The maximum absolute atomic E-state index is 12.1. The van der Waals surface area contributed by atoms with Gasteiger partial charge in [0.25, 0.3) is 10.0 Å². The molecule has 2 aromatic rings. The van der Waals surface area contributed by atoms with E-state index in [9.17, 15) is 8.42 Å². The number of anilines is 2. The molecule has 0 saturated carbocycles. The minimum atomic E-state index is -3.65. The Morgan fingerprint density at radius 1 is 1.21 bits per heavy atom. The van der Waals surface area contributed by atoms with Crippen molar-refractivity contribution in [2.75, 3.05) is 17.1 Å². The van der Waals surface area contributed by atoms with E-state index < -0.39 is 10.0 Å². The second-order valence-corrected chi connectivity index (χ2v) is 5.86. The van der Waals surface area contributed by atoms with E-state index in [4.69, 9.17) is 11.6 Å². The van der Waals surface area contributed by atoms with Gasteiger partial charge in [-0.3, -0.25) is 4.72 Å². The number of pyridine rings is 1. The van der Waals surface area contributed by atoms with Crippen molar-refractivity contribution in [3.63, 3.8) is 0 Å². The summed E-state index contributed by atoms with van der Waals surface area (Å²) < 4.78 is 26.6. The number of sulfonamides is 1. The highest BCUT2D eigenvalue weighted by molar-refractivity contribution is 7.92. The highest BCUT2D eigenvalue weighted by atomic mass is 35.5. The van der Waals surface area contributed by atoms with Gasteiger partial charge in [-0.2, -0.15) is 0 Å². The van der Waals surface area contributed by atoms with Crippen LogP contribution in [0.5, 0.6) is 0 Å². The lowest BCUT2D eigenvalue weighted by atomic mass is 10.3. The second-order valence-electron chi connectivity index (χ2n) is 3.74. The van der Waals surface area contributed by atoms with Crippen LogP contribution in [0.15, 0.2) is 47.5 Å². The largest absolute Gasteiger partial charge is 0.373 e. The first-order valence-corrected chi connectivity index (χ1v) is 7.29. The van der Waals surface area contributed by atoms with Gasteiger partial charge in [0.15, 0.2) is 0 Å². The van der Waals surface area contributed by atoms with Crippen LogP contribution in [0.2, 0.25) is 5.02 Å². The second kappa shape index (κ2) is 5.46. The van der Waals surface area contributed by atoms with Gasteiger partial charge in [0, 0.05) is 18.3 Å². The van der Waals surface area contributed by atoms with Crippen molar-refractivity contribution in [2.45, 2.75) is 4.90 Å². The van der Waals surface area contributed by atoms with Gasteiger partial charge in [-0.25, -0.2) is 13.4 Å². The molecule has 7 heteroatoms. The maximum atomic E-state index is 12.1. The molecular weight excluding hydrogens is 286 g/mol. The summed E-state index contributed by atoms with van der Waals surface area (Å²) in [5.74, 6) is 0.599. The molecule has 0 atom stereocenters. The summed E-state index contributed by atoms with van der Waals surface area (Å²) in [6, 6.07) is 9.57. The van der Waals surface area contributed by atoms with E-state index in [2.05, 4.69) is 15.0 Å². The van der Waals surface area contributed by atoms with Gasteiger partial charge in [-0.1, -0.05) is 17.7 Å². The molecule has 0 radical (unpaired) electrons. The molecule has 1 heterocycles. The van der Waals surface area contributed by atoms with Gasteiger partial charge in [-0.05, 0) is 30.3 Å². The third-order valence-corrected chi connectivity index (χ3v) is 3.98. The molecule has 1 aromatic heterocycles. The number of aromatic nitrogens is 1. The summed E-state index contributed by atoms with van der Waals surface area (Å²) in [6.45, 7) is 0. The lowest BCUT2D eigenvalue weighted by Gasteiger charge is -2.08. The first-order chi connectivity index (χ1) is 9.01. The standard InChI is InChI=1S/C12H12ClN3O2S/c1-14-12-6-5-11(8-15-12)19(17,18)16-10-4-2-3-9(13)7-10/h2-8,16H,1H3,(H,14,15). The van der Waals surface area contributed by atoms with Crippen molar-refractivity contribution >= 4 is 33.1 Å². The van der Waals surface area contributed by atoms with Crippen LogP contribution in [0, 0.1) is 0 Å². The highest BCUT2D eigenvalue weighted by Gasteiger charge is 2.14. The van der Waals surface area contributed by atoms with Crippen molar-refractivity contribution in [1.82, 2.24) is 4.98 Å². The zero-order valence-corrected chi connectivity index (χ0v) is 11.7. The molecule has 19 heavy (non-hydrogen) atoms. The van der Waals surface area contributed by atoms with Crippen LogP contribution in [0.25, 0.3) is 0 Å². The van der Waals surface area contributed by atoms with Gasteiger partial charge < -0.3 is 5.32 Å². The summed E-state index contributed by atoms with van der Waals surface area (Å²) in [7, 11) is -1.94. The zero-order valence-electron chi connectivity index (χ0n) is 10.1. The average molecular weight is 298 g/mol. The maximum Gasteiger partial charge on any atom is 0.263 e. The van der Waals surface area contributed by atoms with Gasteiger partial charge >= 0.3 is 0 Å². The quantitative estimate of drug-likeness (QED) is 0.910. The molecule has 0 amide bonds. The molecule has 0 fully saturated rings. The molecule has 100 valence electrons. The first-order valence-electron chi connectivity index (χ1n) is 5.43. The Balaban J connectivity index is 2.27. The predicted octanol–water partition coefficient (Wildman–Crippen LogP) is 2.58. The van der Waals surface area contributed by atoms with Gasteiger partial charge in [-0.15, -0.1) is 0 Å². The molecule has 2 N–H and O–H groups in total. The number of hydrogen-bond donors (Lipinski definition) is 2. The number of benzene rings is 1. The molecule has 5 nitrogen and oxygen atoms in total. The molecule has 0 bridgehead atoms.